The van der Waals surface area contributed by atoms with E-state index in [1.807, 2.05) is 0 Å². The third kappa shape index (κ3) is 2.54. The van der Waals surface area contributed by atoms with Gasteiger partial charge in [0.05, 0.1) is 6.61 Å². The summed E-state index contributed by atoms with van der Waals surface area (Å²) >= 11 is 3.26. The highest BCUT2D eigenvalue weighted by Crippen LogP contribution is 2.20. The number of carboxylic acids is 1. The molecule has 1 aliphatic heterocycles. The summed E-state index contributed by atoms with van der Waals surface area (Å²) in [6.45, 7) is 0.340. The zero-order valence-electron chi connectivity index (χ0n) is 9.48. The zero-order chi connectivity index (χ0) is 13.2. The van der Waals surface area contributed by atoms with Crippen molar-refractivity contribution in [3.63, 3.8) is 0 Å². The third-order valence-corrected chi connectivity index (χ3v) is 3.36. The van der Waals surface area contributed by atoms with Crippen molar-refractivity contribution in [3.05, 3.63) is 34.3 Å². The van der Waals surface area contributed by atoms with Crippen molar-refractivity contribution in [2.75, 3.05) is 13.2 Å². The van der Waals surface area contributed by atoms with Gasteiger partial charge in [-0.2, -0.15) is 0 Å². The molecule has 0 aromatic heterocycles. The van der Waals surface area contributed by atoms with Gasteiger partial charge in [-0.25, -0.2) is 4.79 Å². The molecule has 18 heavy (non-hydrogen) atoms. The van der Waals surface area contributed by atoms with Gasteiger partial charge in [0.15, 0.2) is 5.54 Å². The molecule has 1 fully saturated rings. The summed E-state index contributed by atoms with van der Waals surface area (Å²) in [4.78, 5) is 23.3. The lowest BCUT2D eigenvalue weighted by atomic mass is 9.98. The molecule has 1 unspecified atom stereocenters. The molecule has 2 N–H and O–H groups in total. The Morgan fingerprint density at radius 2 is 2.22 bits per heavy atom. The van der Waals surface area contributed by atoms with E-state index in [0.717, 1.165) is 4.47 Å². The molecule has 1 aromatic rings. The SMILES string of the molecule is O=C(NC1(C(=O)O)CCOC1)c1cccc(Br)c1. The lowest BCUT2D eigenvalue weighted by molar-refractivity contribution is -0.144. The van der Waals surface area contributed by atoms with E-state index in [2.05, 4.69) is 21.2 Å². The molecule has 1 aromatic carbocycles. The first-order valence-corrected chi connectivity index (χ1v) is 6.22. The molecule has 0 spiro atoms. The highest BCUT2D eigenvalue weighted by Gasteiger charge is 2.44. The molecule has 0 saturated carbocycles. The van der Waals surface area contributed by atoms with Crippen LogP contribution in [0.1, 0.15) is 16.8 Å². The van der Waals surface area contributed by atoms with Gasteiger partial charge in [-0.05, 0) is 18.2 Å². The van der Waals surface area contributed by atoms with Crippen LogP contribution in [0.5, 0.6) is 0 Å². The maximum atomic E-state index is 12.0. The van der Waals surface area contributed by atoms with Crippen LogP contribution < -0.4 is 5.32 Å². The molecule has 96 valence electrons. The summed E-state index contributed by atoms with van der Waals surface area (Å²) in [7, 11) is 0. The van der Waals surface area contributed by atoms with E-state index in [4.69, 9.17) is 4.74 Å². The molecule has 0 bridgehead atoms. The van der Waals surface area contributed by atoms with Gasteiger partial charge in [0.2, 0.25) is 0 Å². The van der Waals surface area contributed by atoms with E-state index in [9.17, 15) is 14.7 Å². The normalized spacial score (nSPS) is 22.7. The maximum Gasteiger partial charge on any atom is 0.331 e. The second-order valence-electron chi connectivity index (χ2n) is 4.15. The minimum Gasteiger partial charge on any atom is -0.479 e. The topological polar surface area (TPSA) is 75.6 Å². The molecule has 1 aliphatic rings. The summed E-state index contributed by atoms with van der Waals surface area (Å²) in [6, 6.07) is 6.78. The van der Waals surface area contributed by atoms with Crippen LogP contribution in [0.3, 0.4) is 0 Å². The van der Waals surface area contributed by atoms with Gasteiger partial charge in [0.1, 0.15) is 0 Å². The first-order valence-electron chi connectivity index (χ1n) is 5.43. The number of halogens is 1. The summed E-state index contributed by atoms with van der Waals surface area (Å²) < 4.78 is 5.84. The molecule has 2 rings (SSSR count). The van der Waals surface area contributed by atoms with Crippen molar-refractivity contribution >= 4 is 27.8 Å². The van der Waals surface area contributed by atoms with Gasteiger partial charge in [0, 0.05) is 23.1 Å². The summed E-state index contributed by atoms with van der Waals surface area (Å²) in [5, 5.41) is 11.8. The first-order chi connectivity index (χ1) is 8.53. The second kappa shape index (κ2) is 5.07. The fourth-order valence-electron chi connectivity index (χ4n) is 1.80. The van der Waals surface area contributed by atoms with E-state index in [1.165, 1.54) is 0 Å². The average Bonchev–Trinajstić information content (AvgIpc) is 2.79. The minimum absolute atomic E-state index is 0.00206. The molecule has 0 aliphatic carbocycles. The standard InChI is InChI=1S/C12H12BrNO4/c13-9-3-1-2-8(6-9)10(15)14-12(11(16)17)4-5-18-7-12/h1-3,6H,4-5,7H2,(H,14,15)(H,16,17). The van der Waals surface area contributed by atoms with Crippen LogP contribution in [0.15, 0.2) is 28.7 Å². The number of hydrogen-bond donors (Lipinski definition) is 2. The molecule has 0 radical (unpaired) electrons. The predicted octanol–water partition coefficient (Wildman–Crippen LogP) is 1.42. The maximum absolute atomic E-state index is 12.0. The smallest absolute Gasteiger partial charge is 0.331 e. The number of amides is 1. The molecule has 1 atom stereocenters. The van der Waals surface area contributed by atoms with E-state index in [1.54, 1.807) is 24.3 Å². The summed E-state index contributed by atoms with van der Waals surface area (Å²) in [6.07, 6.45) is 0.280. The van der Waals surface area contributed by atoms with Gasteiger partial charge in [-0.3, -0.25) is 4.79 Å². The Kier molecular flexibility index (Phi) is 3.68. The van der Waals surface area contributed by atoms with Crippen molar-refractivity contribution in [3.8, 4) is 0 Å². The Bertz CT molecular complexity index is 483. The Morgan fingerprint density at radius 3 is 2.78 bits per heavy atom. The van der Waals surface area contributed by atoms with Gasteiger partial charge in [-0.15, -0.1) is 0 Å². The van der Waals surface area contributed by atoms with Crippen molar-refractivity contribution in [2.24, 2.45) is 0 Å². The minimum atomic E-state index is -1.31. The highest BCUT2D eigenvalue weighted by atomic mass is 79.9. The fraction of sp³-hybridized carbons (Fsp3) is 0.333. The van der Waals surface area contributed by atoms with Crippen LogP contribution in [-0.4, -0.2) is 35.7 Å². The van der Waals surface area contributed by atoms with Gasteiger partial charge in [-0.1, -0.05) is 22.0 Å². The van der Waals surface area contributed by atoms with Crippen molar-refractivity contribution in [1.82, 2.24) is 5.32 Å². The number of hydrogen-bond acceptors (Lipinski definition) is 3. The van der Waals surface area contributed by atoms with Crippen LogP contribution in [-0.2, 0) is 9.53 Å². The zero-order valence-corrected chi connectivity index (χ0v) is 11.1. The third-order valence-electron chi connectivity index (χ3n) is 2.87. The quantitative estimate of drug-likeness (QED) is 0.885. The average molecular weight is 314 g/mol. The van der Waals surface area contributed by atoms with Crippen LogP contribution in [0.4, 0.5) is 0 Å². The van der Waals surface area contributed by atoms with E-state index in [-0.39, 0.29) is 13.0 Å². The van der Waals surface area contributed by atoms with Gasteiger partial charge < -0.3 is 15.2 Å². The largest absolute Gasteiger partial charge is 0.479 e. The van der Waals surface area contributed by atoms with Crippen LogP contribution in [0, 0.1) is 0 Å². The number of ether oxygens (including phenoxy) is 1. The number of nitrogens with one attached hydrogen (secondary N) is 1. The van der Waals surface area contributed by atoms with Crippen LogP contribution >= 0.6 is 15.9 Å². The fourth-order valence-corrected chi connectivity index (χ4v) is 2.20. The number of carbonyl (C=O) groups excluding carboxylic acids is 1. The number of carboxylic acid groups (broad SMARTS) is 1. The number of benzene rings is 1. The lowest BCUT2D eigenvalue weighted by Crippen LogP contribution is -2.55. The Hall–Kier alpha value is -1.40. The Morgan fingerprint density at radius 1 is 1.44 bits per heavy atom. The monoisotopic (exact) mass is 313 g/mol. The van der Waals surface area contributed by atoms with Crippen LogP contribution in [0.25, 0.3) is 0 Å². The molecular weight excluding hydrogens is 302 g/mol. The van der Waals surface area contributed by atoms with Gasteiger partial charge in [0.25, 0.3) is 5.91 Å². The molecule has 1 amide bonds. The molecule has 6 heteroatoms. The van der Waals surface area contributed by atoms with Crippen molar-refractivity contribution in [1.29, 1.82) is 0 Å². The second-order valence-corrected chi connectivity index (χ2v) is 5.07. The molecule has 1 saturated heterocycles. The first kappa shape index (κ1) is 13.0. The number of aliphatic carboxylic acids is 1. The molecular formula is C12H12BrNO4. The van der Waals surface area contributed by atoms with Crippen molar-refractivity contribution in [2.45, 2.75) is 12.0 Å². The van der Waals surface area contributed by atoms with Crippen LogP contribution in [0.2, 0.25) is 0 Å². The predicted molar refractivity (Wildman–Crippen MR) is 67.4 cm³/mol. The molecule has 1 heterocycles. The molecule has 5 nitrogen and oxygen atoms in total. The van der Waals surface area contributed by atoms with E-state index < -0.39 is 17.4 Å². The number of carbonyl (C=O) groups is 2. The summed E-state index contributed by atoms with van der Waals surface area (Å²) in [5.41, 5.74) is -0.892. The van der Waals surface area contributed by atoms with Crippen molar-refractivity contribution < 1.29 is 19.4 Å². The Balaban J connectivity index is 2.18. The lowest BCUT2D eigenvalue weighted by Gasteiger charge is -2.23. The van der Waals surface area contributed by atoms with Gasteiger partial charge >= 0.3 is 5.97 Å². The Labute approximate surface area is 112 Å². The van der Waals surface area contributed by atoms with E-state index in [0.29, 0.717) is 12.2 Å². The highest BCUT2D eigenvalue weighted by molar-refractivity contribution is 9.10. The van der Waals surface area contributed by atoms with E-state index >= 15 is 0 Å². The number of rotatable bonds is 3. The summed E-state index contributed by atoms with van der Waals surface area (Å²) in [5.74, 6) is -1.48.